The molecular weight excluding hydrogens is 248 g/mol. The second-order valence-electron chi connectivity index (χ2n) is 8.59. The lowest BCUT2D eigenvalue weighted by molar-refractivity contribution is 0.200. The van der Waals surface area contributed by atoms with Gasteiger partial charge < -0.3 is 4.43 Å². The maximum atomic E-state index is 6.86. The summed E-state index contributed by atoms with van der Waals surface area (Å²) in [6.45, 7) is 23.1. The summed E-state index contributed by atoms with van der Waals surface area (Å²) in [6, 6.07) is 0. The van der Waals surface area contributed by atoms with Crippen LogP contribution in [0.4, 0.5) is 0 Å². The average molecular weight is 283 g/mol. The molecule has 0 aromatic heterocycles. The highest BCUT2D eigenvalue weighted by atomic mass is 28.4. The van der Waals surface area contributed by atoms with E-state index in [0.29, 0.717) is 12.0 Å². The second kappa shape index (κ2) is 5.36. The first kappa shape index (κ1) is 17.0. The predicted octanol–water partition coefficient (Wildman–Crippen LogP) is 5.92. The van der Waals surface area contributed by atoms with Crippen molar-refractivity contribution in [2.75, 3.05) is 0 Å². The van der Waals surface area contributed by atoms with Gasteiger partial charge >= 0.3 is 0 Å². The molecule has 0 aliphatic carbocycles. The van der Waals surface area contributed by atoms with Crippen LogP contribution < -0.4 is 0 Å². The van der Waals surface area contributed by atoms with E-state index in [-0.39, 0.29) is 10.1 Å². The summed E-state index contributed by atoms with van der Waals surface area (Å²) in [4.78, 5) is 0. The molecule has 0 unspecified atom stereocenters. The Kier molecular flexibility index (Phi) is 4.79. The Hall–Kier alpha value is -0.0831. The van der Waals surface area contributed by atoms with Gasteiger partial charge in [-0.15, -0.1) is 6.58 Å². The van der Waals surface area contributed by atoms with Gasteiger partial charge in [0.05, 0.1) is 0 Å². The Balaban J connectivity index is 3.30. The third-order valence-electron chi connectivity index (χ3n) is 4.85. The molecule has 0 amide bonds. The molecule has 0 bridgehead atoms. The third-order valence-corrected chi connectivity index (χ3v) is 12.0. The molecule has 19 heavy (non-hydrogen) atoms. The minimum atomic E-state index is -1.88. The van der Waals surface area contributed by atoms with Crippen LogP contribution in [0.5, 0.6) is 0 Å². The minimum Gasteiger partial charge on any atom is -0.412 e. The molecule has 1 aliphatic rings. The first-order chi connectivity index (χ1) is 8.47. The van der Waals surface area contributed by atoms with E-state index >= 15 is 0 Å². The van der Waals surface area contributed by atoms with Gasteiger partial charge in [-0.05, 0) is 34.4 Å². The van der Waals surface area contributed by atoms with Crippen LogP contribution in [0.3, 0.4) is 0 Å². The SMILES string of the molecule is C=CC[C@@H]1C[C@@H](C(C)C)[Si](C(C)(C)C)(C(C)(C)C)O1. The summed E-state index contributed by atoms with van der Waals surface area (Å²) < 4.78 is 6.86. The van der Waals surface area contributed by atoms with Crippen LogP contribution in [0.2, 0.25) is 15.6 Å². The zero-order valence-corrected chi connectivity index (χ0v) is 15.3. The van der Waals surface area contributed by atoms with Crippen molar-refractivity contribution in [3.05, 3.63) is 12.7 Å². The molecule has 1 nitrogen and oxygen atoms in total. The molecule has 0 aromatic rings. The number of rotatable bonds is 3. The Morgan fingerprint density at radius 1 is 1.16 bits per heavy atom. The normalized spacial score (nSPS) is 27.8. The molecule has 1 aliphatic heterocycles. The molecule has 0 spiro atoms. The summed E-state index contributed by atoms with van der Waals surface area (Å²) in [6.07, 6.45) is 4.65. The van der Waals surface area contributed by atoms with Crippen molar-refractivity contribution in [2.24, 2.45) is 5.92 Å². The van der Waals surface area contributed by atoms with Crippen molar-refractivity contribution in [3.63, 3.8) is 0 Å². The van der Waals surface area contributed by atoms with E-state index in [2.05, 4.69) is 62.0 Å². The van der Waals surface area contributed by atoms with Crippen LogP contribution in [-0.2, 0) is 4.43 Å². The fourth-order valence-electron chi connectivity index (χ4n) is 4.51. The highest BCUT2D eigenvalue weighted by Crippen LogP contribution is 2.64. The van der Waals surface area contributed by atoms with Crippen LogP contribution in [0.1, 0.15) is 68.2 Å². The topological polar surface area (TPSA) is 9.23 Å². The van der Waals surface area contributed by atoms with E-state index in [1.165, 1.54) is 6.42 Å². The largest absolute Gasteiger partial charge is 0.412 e. The highest BCUT2D eigenvalue weighted by Gasteiger charge is 2.64. The van der Waals surface area contributed by atoms with Crippen LogP contribution in [0, 0.1) is 5.92 Å². The van der Waals surface area contributed by atoms with Crippen LogP contribution in [0.15, 0.2) is 12.7 Å². The first-order valence-corrected chi connectivity index (χ1v) is 9.74. The van der Waals surface area contributed by atoms with Gasteiger partial charge in [-0.25, -0.2) is 0 Å². The summed E-state index contributed by atoms with van der Waals surface area (Å²) >= 11 is 0. The Bertz CT molecular complexity index is 305. The summed E-state index contributed by atoms with van der Waals surface area (Å²) in [5.74, 6) is 0.708. The monoisotopic (exact) mass is 282 g/mol. The van der Waals surface area contributed by atoms with Crippen LogP contribution >= 0.6 is 0 Å². The van der Waals surface area contributed by atoms with Crippen molar-refractivity contribution in [1.82, 2.24) is 0 Å². The van der Waals surface area contributed by atoms with Crippen molar-refractivity contribution >= 4 is 8.32 Å². The van der Waals surface area contributed by atoms with Crippen molar-refractivity contribution in [2.45, 2.75) is 90.0 Å². The molecule has 1 saturated heterocycles. The molecule has 0 aromatic carbocycles. The second-order valence-corrected chi connectivity index (χ2v) is 14.0. The van der Waals surface area contributed by atoms with E-state index in [0.717, 1.165) is 12.0 Å². The highest BCUT2D eigenvalue weighted by molar-refractivity contribution is 6.81. The minimum absolute atomic E-state index is 0.274. The van der Waals surface area contributed by atoms with E-state index in [1.54, 1.807) is 0 Å². The zero-order valence-electron chi connectivity index (χ0n) is 14.3. The summed E-state index contributed by atoms with van der Waals surface area (Å²) in [5, 5.41) is 0.548. The van der Waals surface area contributed by atoms with Gasteiger partial charge in [-0.2, -0.15) is 0 Å². The smallest absolute Gasteiger partial charge is 0.207 e. The molecule has 112 valence electrons. The standard InChI is InChI=1S/C17H34OSi/c1-10-11-14-12-15(13(2)3)19(18-14,16(4,5)6)17(7,8)9/h10,13-15H,1,11-12H2,2-9H3/t14-,15+/m1/s1. The predicted molar refractivity (Wildman–Crippen MR) is 88.1 cm³/mol. The van der Waals surface area contributed by atoms with Gasteiger partial charge in [0.15, 0.2) is 0 Å². The molecule has 1 heterocycles. The molecular formula is C17H34OSi. The Labute approximate surface area is 122 Å². The van der Waals surface area contributed by atoms with Gasteiger partial charge in [-0.3, -0.25) is 0 Å². The molecule has 2 heteroatoms. The van der Waals surface area contributed by atoms with Crippen LogP contribution in [-0.4, -0.2) is 14.4 Å². The van der Waals surface area contributed by atoms with E-state index in [1.807, 2.05) is 6.08 Å². The van der Waals surface area contributed by atoms with Gasteiger partial charge in [-0.1, -0.05) is 61.5 Å². The maximum Gasteiger partial charge on any atom is 0.207 e. The Morgan fingerprint density at radius 2 is 1.63 bits per heavy atom. The van der Waals surface area contributed by atoms with Gasteiger partial charge in [0.25, 0.3) is 0 Å². The number of hydrogen-bond acceptors (Lipinski definition) is 1. The fourth-order valence-corrected chi connectivity index (χ4v) is 12.1. The van der Waals surface area contributed by atoms with E-state index < -0.39 is 8.32 Å². The van der Waals surface area contributed by atoms with E-state index in [9.17, 15) is 0 Å². The van der Waals surface area contributed by atoms with Gasteiger partial charge in [0.1, 0.15) is 0 Å². The molecule has 0 N–H and O–H groups in total. The van der Waals surface area contributed by atoms with E-state index in [4.69, 9.17) is 4.43 Å². The Morgan fingerprint density at radius 3 is 1.89 bits per heavy atom. The van der Waals surface area contributed by atoms with Crippen molar-refractivity contribution in [3.8, 4) is 0 Å². The maximum absolute atomic E-state index is 6.86. The first-order valence-electron chi connectivity index (χ1n) is 7.76. The lowest BCUT2D eigenvalue weighted by Gasteiger charge is -2.52. The van der Waals surface area contributed by atoms with Gasteiger partial charge in [0.2, 0.25) is 8.32 Å². The third kappa shape index (κ3) is 2.85. The zero-order chi connectivity index (χ0) is 15.1. The van der Waals surface area contributed by atoms with Crippen molar-refractivity contribution < 1.29 is 4.43 Å². The van der Waals surface area contributed by atoms with Crippen molar-refractivity contribution in [1.29, 1.82) is 0 Å². The summed E-state index contributed by atoms with van der Waals surface area (Å²) in [5.41, 5.74) is 0.748. The average Bonchev–Trinajstić information content (AvgIpc) is 2.57. The summed E-state index contributed by atoms with van der Waals surface area (Å²) in [7, 11) is -1.88. The van der Waals surface area contributed by atoms with Gasteiger partial charge in [0, 0.05) is 6.10 Å². The molecule has 2 atom stereocenters. The number of hydrogen-bond donors (Lipinski definition) is 0. The van der Waals surface area contributed by atoms with Crippen LogP contribution in [0.25, 0.3) is 0 Å². The molecule has 1 rings (SSSR count). The lowest BCUT2D eigenvalue weighted by Crippen LogP contribution is -2.56. The molecule has 0 saturated carbocycles. The quantitative estimate of drug-likeness (QED) is 0.461. The molecule has 1 fully saturated rings. The fraction of sp³-hybridized carbons (Fsp3) is 0.882. The molecule has 0 radical (unpaired) electrons. The lowest BCUT2D eigenvalue weighted by atomic mass is 10.0.